The predicted molar refractivity (Wildman–Crippen MR) is 134 cm³/mol. The maximum Gasteiger partial charge on any atom is 0.191 e. The molecular formula is C23H32FIN4O2. The van der Waals surface area contributed by atoms with Crippen LogP contribution in [0.25, 0.3) is 0 Å². The van der Waals surface area contributed by atoms with Gasteiger partial charge in [0.15, 0.2) is 5.96 Å². The third kappa shape index (κ3) is 8.53. The average molecular weight is 542 g/mol. The zero-order valence-electron chi connectivity index (χ0n) is 18.0. The molecule has 0 unspecified atom stereocenters. The highest BCUT2D eigenvalue weighted by atomic mass is 127. The standard InChI is InChI=1S/C23H31FN4O2.HI/c1-2-25-23(26-11-6-14-30-20-7-4-3-5-8-20)27-18-19-9-10-22(21(24)17-19)28-12-15-29-16-13-28;/h3-5,7-10,17H,2,6,11-16,18H2,1H3,(H2,25,26,27);1H. The van der Waals surface area contributed by atoms with E-state index >= 15 is 0 Å². The van der Waals surface area contributed by atoms with Crippen molar-refractivity contribution >= 4 is 35.6 Å². The van der Waals surface area contributed by atoms with Crippen LogP contribution in [0.1, 0.15) is 18.9 Å². The lowest BCUT2D eigenvalue weighted by molar-refractivity contribution is 0.122. The fourth-order valence-corrected chi connectivity index (χ4v) is 3.21. The van der Waals surface area contributed by atoms with Gasteiger partial charge in [0.2, 0.25) is 0 Å². The molecular weight excluding hydrogens is 510 g/mol. The summed E-state index contributed by atoms with van der Waals surface area (Å²) in [6.07, 6.45) is 0.849. The highest BCUT2D eigenvalue weighted by Crippen LogP contribution is 2.22. The second-order valence-corrected chi connectivity index (χ2v) is 7.02. The average Bonchev–Trinajstić information content (AvgIpc) is 2.78. The molecule has 1 aliphatic heterocycles. The molecule has 0 saturated carbocycles. The van der Waals surface area contributed by atoms with E-state index in [9.17, 15) is 4.39 Å². The SMILES string of the molecule is CCNC(=NCc1ccc(N2CCOCC2)c(F)c1)NCCCOc1ccccc1.I. The van der Waals surface area contributed by atoms with Crippen molar-refractivity contribution in [2.45, 2.75) is 19.9 Å². The molecule has 0 amide bonds. The van der Waals surface area contributed by atoms with E-state index in [1.54, 1.807) is 6.07 Å². The Morgan fingerprint density at radius 1 is 1.13 bits per heavy atom. The third-order valence-corrected chi connectivity index (χ3v) is 4.75. The molecule has 0 aliphatic carbocycles. The lowest BCUT2D eigenvalue weighted by Crippen LogP contribution is -2.38. The van der Waals surface area contributed by atoms with Gasteiger partial charge in [0.05, 0.1) is 32.1 Å². The van der Waals surface area contributed by atoms with E-state index in [0.717, 1.165) is 49.9 Å². The van der Waals surface area contributed by atoms with E-state index in [1.807, 2.05) is 54.3 Å². The molecule has 3 rings (SSSR count). The van der Waals surface area contributed by atoms with Gasteiger partial charge in [0.25, 0.3) is 0 Å². The number of halogens is 2. The summed E-state index contributed by atoms with van der Waals surface area (Å²) in [5.41, 5.74) is 1.48. The van der Waals surface area contributed by atoms with E-state index in [1.165, 1.54) is 0 Å². The lowest BCUT2D eigenvalue weighted by atomic mass is 10.1. The van der Waals surface area contributed by atoms with Gasteiger partial charge in [-0.05, 0) is 43.2 Å². The molecule has 1 fully saturated rings. The first kappa shape index (κ1) is 25.2. The Hall–Kier alpha value is -2.07. The maximum absolute atomic E-state index is 14.6. The van der Waals surface area contributed by atoms with Crippen molar-refractivity contribution in [1.29, 1.82) is 0 Å². The molecule has 0 bridgehead atoms. The minimum atomic E-state index is -0.208. The van der Waals surface area contributed by atoms with Crippen LogP contribution < -0.4 is 20.3 Å². The number of nitrogens with zero attached hydrogens (tertiary/aromatic N) is 2. The van der Waals surface area contributed by atoms with Gasteiger partial charge in [-0.25, -0.2) is 9.38 Å². The van der Waals surface area contributed by atoms with Gasteiger partial charge in [0.1, 0.15) is 11.6 Å². The number of hydrogen-bond acceptors (Lipinski definition) is 4. The zero-order chi connectivity index (χ0) is 21.0. The molecule has 6 nitrogen and oxygen atoms in total. The Labute approximate surface area is 201 Å². The third-order valence-electron chi connectivity index (χ3n) is 4.75. The zero-order valence-corrected chi connectivity index (χ0v) is 20.3. The minimum Gasteiger partial charge on any atom is -0.494 e. The first-order chi connectivity index (χ1) is 14.8. The van der Waals surface area contributed by atoms with Gasteiger partial charge in [0, 0.05) is 26.2 Å². The van der Waals surface area contributed by atoms with Crippen molar-refractivity contribution in [3.05, 3.63) is 59.9 Å². The van der Waals surface area contributed by atoms with Crippen LogP contribution in [-0.4, -0.2) is 52.0 Å². The minimum absolute atomic E-state index is 0. The van der Waals surface area contributed by atoms with Gasteiger partial charge >= 0.3 is 0 Å². The Bertz CT molecular complexity index is 801. The number of guanidine groups is 1. The number of morpholine rings is 1. The summed E-state index contributed by atoms with van der Waals surface area (Å²) >= 11 is 0. The highest BCUT2D eigenvalue weighted by molar-refractivity contribution is 14.0. The first-order valence-corrected chi connectivity index (χ1v) is 10.6. The molecule has 2 aromatic rings. The molecule has 31 heavy (non-hydrogen) atoms. The van der Waals surface area contributed by atoms with E-state index in [4.69, 9.17) is 9.47 Å². The monoisotopic (exact) mass is 542 g/mol. The summed E-state index contributed by atoms with van der Waals surface area (Å²) in [7, 11) is 0. The Morgan fingerprint density at radius 3 is 2.61 bits per heavy atom. The topological polar surface area (TPSA) is 58.1 Å². The summed E-state index contributed by atoms with van der Waals surface area (Å²) in [6, 6.07) is 15.1. The van der Waals surface area contributed by atoms with E-state index in [-0.39, 0.29) is 29.8 Å². The van der Waals surface area contributed by atoms with Gasteiger partial charge < -0.3 is 25.0 Å². The summed E-state index contributed by atoms with van der Waals surface area (Å²) in [5, 5.41) is 6.52. The molecule has 8 heteroatoms. The molecule has 1 aliphatic rings. The van der Waals surface area contributed by atoms with Crippen LogP contribution in [0.3, 0.4) is 0 Å². The Kier molecular flexibility index (Phi) is 11.4. The molecule has 2 N–H and O–H groups in total. The summed E-state index contributed by atoms with van der Waals surface area (Å²) in [6.45, 7) is 7.28. The number of nitrogens with one attached hydrogen (secondary N) is 2. The van der Waals surface area contributed by atoms with Crippen molar-refractivity contribution in [3.63, 3.8) is 0 Å². The molecule has 170 valence electrons. The number of para-hydroxylation sites is 1. The fourth-order valence-electron chi connectivity index (χ4n) is 3.21. The van der Waals surface area contributed by atoms with Crippen molar-refractivity contribution in [1.82, 2.24) is 10.6 Å². The van der Waals surface area contributed by atoms with Crippen molar-refractivity contribution in [3.8, 4) is 5.75 Å². The summed E-state index contributed by atoms with van der Waals surface area (Å²) < 4.78 is 25.6. The van der Waals surface area contributed by atoms with Gasteiger partial charge in [-0.3, -0.25) is 0 Å². The quantitative estimate of drug-likeness (QED) is 0.219. The number of hydrogen-bond donors (Lipinski definition) is 2. The van der Waals surface area contributed by atoms with Gasteiger partial charge in [-0.15, -0.1) is 24.0 Å². The van der Waals surface area contributed by atoms with Crippen LogP contribution >= 0.6 is 24.0 Å². The molecule has 0 atom stereocenters. The Balaban J connectivity index is 0.00000341. The largest absolute Gasteiger partial charge is 0.494 e. The molecule has 0 radical (unpaired) electrons. The maximum atomic E-state index is 14.6. The molecule has 1 saturated heterocycles. The van der Waals surface area contributed by atoms with E-state index in [2.05, 4.69) is 15.6 Å². The van der Waals surface area contributed by atoms with Crippen molar-refractivity contribution in [2.24, 2.45) is 4.99 Å². The molecule has 0 spiro atoms. The smallest absolute Gasteiger partial charge is 0.191 e. The van der Waals surface area contributed by atoms with Crippen LogP contribution in [0.4, 0.5) is 10.1 Å². The number of ether oxygens (including phenoxy) is 2. The van der Waals surface area contributed by atoms with Crippen LogP contribution in [0.2, 0.25) is 0 Å². The summed E-state index contributed by atoms with van der Waals surface area (Å²) in [5.74, 6) is 1.39. The highest BCUT2D eigenvalue weighted by Gasteiger charge is 2.15. The number of benzene rings is 2. The predicted octanol–water partition coefficient (Wildman–Crippen LogP) is 3.80. The van der Waals surface area contributed by atoms with Crippen molar-refractivity contribution < 1.29 is 13.9 Å². The normalized spacial score (nSPS) is 14.0. The molecule has 1 heterocycles. The number of aliphatic imine (C=N–C) groups is 1. The fraction of sp³-hybridized carbons (Fsp3) is 0.435. The van der Waals surface area contributed by atoms with Crippen LogP contribution in [0, 0.1) is 5.82 Å². The second-order valence-electron chi connectivity index (χ2n) is 7.02. The van der Waals surface area contributed by atoms with E-state index in [0.29, 0.717) is 32.1 Å². The number of rotatable bonds is 9. The van der Waals surface area contributed by atoms with Crippen molar-refractivity contribution in [2.75, 3.05) is 50.9 Å². The van der Waals surface area contributed by atoms with Crippen LogP contribution in [-0.2, 0) is 11.3 Å². The number of anilines is 1. The second kappa shape index (κ2) is 14.1. The van der Waals surface area contributed by atoms with E-state index < -0.39 is 0 Å². The van der Waals surface area contributed by atoms with Crippen LogP contribution in [0.15, 0.2) is 53.5 Å². The molecule has 2 aromatic carbocycles. The van der Waals surface area contributed by atoms with Gasteiger partial charge in [-0.1, -0.05) is 24.3 Å². The van der Waals surface area contributed by atoms with Crippen LogP contribution in [0.5, 0.6) is 5.75 Å². The molecule has 0 aromatic heterocycles. The first-order valence-electron chi connectivity index (χ1n) is 10.6. The lowest BCUT2D eigenvalue weighted by Gasteiger charge is -2.29. The Morgan fingerprint density at radius 2 is 1.90 bits per heavy atom. The van der Waals surface area contributed by atoms with Gasteiger partial charge in [-0.2, -0.15) is 0 Å². The summed E-state index contributed by atoms with van der Waals surface area (Å²) in [4.78, 5) is 6.60.